The van der Waals surface area contributed by atoms with E-state index < -0.39 is 0 Å². The molecule has 6 nitrogen and oxygen atoms in total. The highest BCUT2D eigenvalue weighted by Crippen LogP contribution is 2.02. The van der Waals surface area contributed by atoms with E-state index in [4.69, 9.17) is 22.9 Å². The lowest BCUT2D eigenvalue weighted by Crippen LogP contribution is -1.93. The molecule has 0 spiro atoms. The molecular weight excluding hydrogens is 204 g/mol. The van der Waals surface area contributed by atoms with Gasteiger partial charge in [-0.3, -0.25) is 0 Å². The van der Waals surface area contributed by atoms with Crippen molar-refractivity contribution in [2.75, 3.05) is 22.9 Å². The quantitative estimate of drug-likeness (QED) is 0.509. The summed E-state index contributed by atoms with van der Waals surface area (Å²) in [6.07, 6.45) is 1.57. The standard InChI is InChI=1S/2C5H7N3/c6-4-1-2-8-5(7)3-4;6-4-2-1-3-5(7)8-4/h2*1-3H,(H4,6,7,8). The summed E-state index contributed by atoms with van der Waals surface area (Å²) < 4.78 is 0. The number of nitrogen functional groups attached to an aromatic ring is 4. The van der Waals surface area contributed by atoms with Crippen molar-refractivity contribution in [3.05, 3.63) is 36.5 Å². The van der Waals surface area contributed by atoms with Gasteiger partial charge in [0, 0.05) is 18.0 Å². The van der Waals surface area contributed by atoms with Gasteiger partial charge in [0.1, 0.15) is 17.5 Å². The van der Waals surface area contributed by atoms with Gasteiger partial charge in [-0.05, 0) is 18.2 Å². The van der Waals surface area contributed by atoms with E-state index in [-0.39, 0.29) is 0 Å². The molecule has 2 aromatic rings. The molecule has 2 aromatic heterocycles. The van der Waals surface area contributed by atoms with Crippen LogP contribution in [-0.2, 0) is 0 Å². The summed E-state index contributed by atoms with van der Waals surface area (Å²) in [6.45, 7) is 0. The van der Waals surface area contributed by atoms with E-state index in [0.717, 1.165) is 0 Å². The van der Waals surface area contributed by atoms with E-state index in [1.165, 1.54) is 0 Å². The van der Waals surface area contributed by atoms with E-state index >= 15 is 0 Å². The Morgan fingerprint density at radius 2 is 1.44 bits per heavy atom. The van der Waals surface area contributed by atoms with Gasteiger partial charge in [-0.25, -0.2) is 9.97 Å². The molecule has 0 saturated heterocycles. The molecule has 0 unspecified atom stereocenters. The van der Waals surface area contributed by atoms with E-state index in [0.29, 0.717) is 23.1 Å². The molecule has 0 aliphatic heterocycles. The average molecular weight is 218 g/mol. The van der Waals surface area contributed by atoms with Crippen LogP contribution in [0.2, 0.25) is 0 Å². The molecule has 0 atom stereocenters. The minimum atomic E-state index is 0.463. The van der Waals surface area contributed by atoms with Crippen molar-refractivity contribution in [1.29, 1.82) is 0 Å². The minimum Gasteiger partial charge on any atom is -0.399 e. The van der Waals surface area contributed by atoms with Crippen LogP contribution in [0.1, 0.15) is 0 Å². The summed E-state index contributed by atoms with van der Waals surface area (Å²) in [7, 11) is 0. The van der Waals surface area contributed by atoms with Crippen molar-refractivity contribution in [3.63, 3.8) is 0 Å². The van der Waals surface area contributed by atoms with Gasteiger partial charge < -0.3 is 22.9 Å². The molecule has 0 radical (unpaired) electrons. The predicted molar refractivity (Wildman–Crippen MR) is 66.1 cm³/mol. The fraction of sp³-hybridized carbons (Fsp3) is 0. The minimum absolute atomic E-state index is 0.463. The monoisotopic (exact) mass is 218 g/mol. The smallest absolute Gasteiger partial charge is 0.125 e. The van der Waals surface area contributed by atoms with Crippen LogP contribution in [0.3, 0.4) is 0 Å². The normalized spacial score (nSPS) is 9.00. The van der Waals surface area contributed by atoms with E-state index in [9.17, 15) is 0 Å². The number of hydrogen-bond donors (Lipinski definition) is 4. The van der Waals surface area contributed by atoms with Crippen molar-refractivity contribution in [2.45, 2.75) is 0 Å². The van der Waals surface area contributed by atoms with Crippen LogP contribution < -0.4 is 22.9 Å². The molecule has 0 aromatic carbocycles. The van der Waals surface area contributed by atoms with Gasteiger partial charge in [-0.15, -0.1) is 0 Å². The third kappa shape index (κ3) is 4.14. The van der Waals surface area contributed by atoms with Crippen LogP contribution in [0, 0.1) is 0 Å². The number of pyridine rings is 2. The van der Waals surface area contributed by atoms with Gasteiger partial charge in [-0.2, -0.15) is 0 Å². The Hall–Kier alpha value is -2.50. The maximum atomic E-state index is 5.34. The predicted octanol–water partition coefficient (Wildman–Crippen LogP) is 0.492. The summed E-state index contributed by atoms with van der Waals surface area (Å²) in [4.78, 5) is 7.47. The molecule has 2 rings (SSSR count). The Balaban J connectivity index is 0.000000160. The fourth-order valence-corrected chi connectivity index (χ4v) is 0.934. The first kappa shape index (κ1) is 11.6. The summed E-state index contributed by atoms with van der Waals surface area (Å²) >= 11 is 0. The highest BCUT2D eigenvalue weighted by atomic mass is 14.9. The molecule has 2 heterocycles. The highest BCUT2D eigenvalue weighted by Gasteiger charge is 1.83. The molecule has 0 fully saturated rings. The van der Waals surface area contributed by atoms with Crippen molar-refractivity contribution >= 4 is 23.1 Å². The van der Waals surface area contributed by atoms with Crippen LogP contribution >= 0.6 is 0 Å². The van der Waals surface area contributed by atoms with E-state index in [1.807, 2.05) is 0 Å². The van der Waals surface area contributed by atoms with Crippen molar-refractivity contribution in [3.8, 4) is 0 Å². The molecule has 8 N–H and O–H groups in total. The lowest BCUT2D eigenvalue weighted by Gasteiger charge is -1.90. The summed E-state index contributed by atoms with van der Waals surface area (Å²) in [5.74, 6) is 1.39. The van der Waals surface area contributed by atoms with Gasteiger partial charge >= 0.3 is 0 Å². The summed E-state index contributed by atoms with van der Waals surface area (Å²) in [5.41, 5.74) is 21.8. The van der Waals surface area contributed by atoms with Crippen molar-refractivity contribution in [2.24, 2.45) is 0 Å². The summed E-state index contributed by atoms with van der Waals surface area (Å²) in [5, 5.41) is 0. The molecule has 16 heavy (non-hydrogen) atoms. The first-order valence-corrected chi connectivity index (χ1v) is 4.53. The molecule has 84 valence electrons. The van der Waals surface area contributed by atoms with Crippen LogP contribution in [0.25, 0.3) is 0 Å². The second-order valence-corrected chi connectivity index (χ2v) is 3.00. The molecule has 0 amide bonds. The van der Waals surface area contributed by atoms with Gasteiger partial charge in [-0.1, -0.05) is 6.07 Å². The Kier molecular flexibility index (Phi) is 3.90. The number of nitrogens with two attached hydrogens (primary N) is 4. The Bertz CT molecular complexity index is 379. The Morgan fingerprint density at radius 3 is 1.75 bits per heavy atom. The van der Waals surface area contributed by atoms with Gasteiger partial charge in [0.2, 0.25) is 0 Å². The van der Waals surface area contributed by atoms with Crippen molar-refractivity contribution < 1.29 is 0 Å². The van der Waals surface area contributed by atoms with Crippen LogP contribution in [0.15, 0.2) is 36.5 Å². The second-order valence-electron chi connectivity index (χ2n) is 3.00. The molecule has 0 saturated carbocycles. The average Bonchev–Trinajstić information content (AvgIpc) is 2.17. The SMILES string of the molecule is Nc1cccc(N)n1.Nc1ccnc(N)c1. The molecule has 6 heteroatoms. The molecule has 0 aliphatic carbocycles. The second kappa shape index (κ2) is 5.40. The number of rotatable bonds is 0. The molecular formula is C10H14N6. The Labute approximate surface area is 93.3 Å². The highest BCUT2D eigenvalue weighted by molar-refractivity contribution is 5.45. The first-order chi connectivity index (χ1) is 7.58. The van der Waals surface area contributed by atoms with Gasteiger partial charge in [0.25, 0.3) is 0 Å². The zero-order valence-corrected chi connectivity index (χ0v) is 8.67. The maximum Gasteiger partial charge on any atom is 0.125 e. The van der Waals surface area contributed by atoms with E-state index in [2.05, 4.69) is 9.97 Å². The van der Waals surface area contributed by atoms with Gasteiger partial charge in [0.15, 0.2) is 0 Å². The molecule has 0 bridgehead atoms. The lowest BCUT2D eigenvalue weighted by molar-refractivity contribution is 1.34. The lowest BCUT2D eigenvalue weighted by atomic mass is 10.4. The number of hydrogen-bond acceptors (Lipinski definition) is 6. The van der Waals surface area contributed by atoms with Crippen LogP contribution in [0.4, 0.5) is 23.1 Å². The first-order valence-electron chi connectivity index (χ1n) is 4.53. The number of nitrogens with zero attached hydrogens (tertiary/aromatic N) is 2. The fourth-order valence-electron chi connectivity index (χ4n) is 0.934. The number of aromatic nitrogens is 2. The van der Waals surface area contributed by atoms with Gasteiger partial charge in [0.05, 0.1) is 0 Å². The Morgan fingerprint density at radius 1 is 0.812 bits per heavy atom. The van der Waals surface area contributed by atoms with Crippen LogP contribution in [0.5, 0.6) is 0 Å². The van der Waals surface area contributed by atoms with E-state index in [1.54, 1.807) is 36.5 Å². The van der Waals surface area contributed by atoms with Crippen molar-refractivity contribution in [1.82, 2.24) is 9.97 Å². The maximum absolute atomic E-state index is 5.34. The third-order valence-corrected chi connectivity index (χ3v) is 1.60. The zero-order valence-electron chi connectivity index (χ0n) is 8.67. The third-order valence-electron chi connectivity index (χ3n) is 1.60. The topological polar surface area (TPSA) is 130 Å². The largest absolute Gasteiger partial charge is 0.399 e. The summed E-state index contributed by atoms with van der Waals surface area (Å²) in [6, 6.07) is 8.45. The zero-order chi connectivity index (χ0) is 12.0. The van der Waals surface area contributed by atoms with Crippen LogP contribution in [-0.4, -0.2) is 9.97 Å². The number of anilines is 4. The molecule has 0 aliphatic rings.